The molecule has 1 fully saturated rings. The molecule has 3 rings (SSSR count). The quantitative estimate of drug-likeness (QED) is 0.461. The number of nitrogens with zero attached hydrogens (tertiary/aromatic N) is 3. The smallest absolute Gasteiger partial charge is 0.343 e. The molecule has 0 aliphatic carbocycles. The van der Waals surface area contributed by atoms with Crippen molar-refractivity contribution >= 4 is 27.7 Å². The minimum atomic E-state index is -4.06. The molecule has 0 saturated carbocycles. The summed E-state index contributed by atoms with van der Waals surface area (Å²) in [5.41, 5.74) is -0.113. The molecular weight excluding hydrogens is 505 g/mol. The van der Waals surface area contributed by atoms with Gasteiger partial charge in [0.25, 0.3) is 6.43 Å². The zero-order valence-corrected chi connectivity index (χ0v) is 19.7. The van der Waals surface area contributed by atoms with Crippen molar-refractivity contribution in [3.63, 3.8) is 0 Å². The number of amides is 1. The summed E-state index contributed by atoms with van der Waals surface area (Å²) in [6.07, 6.45) is -2.85. The Bertz CT molecular complexity index is 1280. The van der Waals surface area contributed by atoms with E-state index in [0.29, 0.717) is 0 Å². The molecule has 0 bridgehead atoms. The van der Waals surface area contributed by atoms with Gasteiger partial charge in [0.2, 0.25) is 21.8 Å². The molecule has 1 N–H and O–H groups in total. The van der Waals surface area contributed by atoms with Gasteiger partial charge in [0.15, 0.2) is 12.4 Å². The number of carbonyl (C=O) groups is 2. The highest BCUT2D eigenvalue weighted by Crippen LogP contribution is 2.31. The highest BCUT2D eigenvalue weighted by molar-refractivity contribution is 7.89. The summed E-state index contributed by atoms with van der Waals surface area (Å²) in [5.74, 6) is -4.02. The first kappa shape index (κ1) is 26.7. The van der Waals surface area contributed by atoms with E-state index >= 15 is 0 Å². The summed E-state index contributed by atoms with van der Waals surface area (Å²) < 4.78 is 74.7. The first-order valence-electron chi connectivity index (χ1n) is 10.6. The third-order valence-electron chi connectivity index (χ3n) is 5.01. The number of hydrogen-bond donors (Lipinski definition) is 1. The molecule has 2 heterocycles. The Morgan fingerprint density at radius 1 is 1.28 bits per heavy atom. The first-order valence-corrected chi connectivity index (χ1v) is 12.2. The molecule has 10 nitrogen and oxygen atoms in total. The Kier molecular flexibility index (Phi) is 8.36. The maximum Gasteiger partial charge on any atom is 0.343 e. The molecule has 0 unspecified atom stereocenters. The fourth-order valence-electron chi connectivity index (χ4n) is 3.31. The maximum absolute atomic E-state index is 13.0. The van der Waals surface area contributed by atoms with Crippen LogP contribution in [0.2, 0.25) is 0 Å². The number of pyridine rings is 1. The van der Waals surface area contributed by atoms with Crippen LogP contribution in [0.1, 0.15) is 28.4 Å². The Morgan fingerprint density at radius 3 is 2.53 bits per heavy atom. The number of nitriles is 1. The average molecular weight is 526 g/mol. The van der Waals surface area contributed by atoms with Gasteiger partial charge in [-0.15, -0.1) is 0 Å². The van der Waals surface area contributed by atoms with E-state index in [-0.39, 0.29) is 42.2 Å². The standard InChI is InChI=1S/C22H21F3N4O6S/c1-2-34-22(31)17-7-14(8-26)19(27-21(17)35-11-18(24)25)29-9-15(10-29)20(30)28-36(32,33)12-13-3-5-16(23)6-4-13/h3-7,15,18H,2,9-12H2,1H3,(H,28,30). The van der Waals surface area contributed by atoms with E-state index in [1.165, 1.54) is 24.0 Å². The predicted molar refractivity (Wildman–Crippen MR) is 119 cm³/mol. The van der Waals surface area contributed by atoms with Gasteiger partial charge in [-0.3, -0.25) is 9.52 Å². The number of esters is 1. The highest BCUT2D eigenvalue weighted by atomic mass is 32.2. The molecular formula is C22H21F3N4O6S. The van der Waals surface area contributed by atoms with Crippen LogP contribution in [0.15, 0.2) is 30.3 Å². The fourth-order valence-corrected chi connectivity index (χ4v) is 4.48. The number of nitrogens with one attached hydrogen (secondary N) is 1. The van der Waals surface area contributed by atoms with E-state index in [0.717, 1.165) is 18.2 Å². The molecule has 1 aromatic heterocycles. The molecule has 1 amide bonds. The number of sulfonamides is 1. The summed E-state index contributed by atoms with van der Waals surface area (Å²) in [6.45, 7) is 0.403. The zero-order chi connectivity index (χ0) is 26.5. The van der Waals surface area contributed by atoms with Crippen molar-refractivity contribution < 1.29 is 40.7 Å². The van der Waals surface area contributed by atoms with Crippen molar-refractivity contribution in [1.29, 1.82) is 5.26 Å². The van der Waals surface area contributed by atoms with Crippen molar-refractivity contribution in [3.05, 3.63) is 52.8 Å². The van der Waals surface area contributed by atoms with Crippen molar-refractivity contribution in [2.75, 3.05) is 31.2 Å². The number of carbonyl (C=O) groups excluding carboxylic acids is 2. The lowest BCUT2D eigenvalue weighted by Gasteiger charge is -2.39. The second-order valence-electron chi connectivity index (χ2n) is 7.70. The van der Waals surface area contributed by atoms with Crippen LogP contribution in [0.4, 0.5) is 19.0 Å². The molecule has 36 heavy (non-hydrogen) atoms. The van der Waals surface area contributed by atoms with Gasteiger partial charge in [-0.1, -0.05) is 12.1 Å². The van der Waals surface area contributed by atoms with Gasteiger partial charge in [0.05, 0.1) is 23.8 Å². The van der Waals surface area contributed by atoms with Gasteiger partial charge >= 0.3 is 5.97 Å². The largest absolute Gasteiger partial charge is 0.471 e. The lowest BCUT2D eigenvalue weighted by atomic mass is 9.98. The summed E-state index contributed by atoms with van der Waals surface area (Å²) in [6, 6.07) is 7.72. The molecule has 0 radical (unpaired) electrons. The molecule has 14 heteroatoms. The van der Waals surface area contributed by atoms with Crippen LogP contribution < -0.4 is 14.4 Å². The number of alkyl halides is 2. The fraction of sp³-hybridized carbons (Fsp3) is 0.364. The van der Waals surface area contributed by atoms with Crippen molar-refractivity contribution in [1.82, 2.24) is 9.71 Å². The van der Waals surface area contributed by atoms with E-state index in [2.05, 4.69) is 4.98 Å². The lowest BCUT2D eigenvalue weighted by molar-refractivity contribution is -0.123. The Morgan fingerprint density at radius 2 is 1.94 bits per heavy atom. The highest BCUT2D eigenvalue weighted by Gasteiger charge is 2.37. The Hall–Kier alpha value is -3.86. The zero-order valence-electron chi connectivity index (χ0n) is 18.9. The van der Waals surface area contributed by atoms with E-state index < -0.39 is 58.3 Å². The number of halogens is 3. The number of rotatable bonds is 10. The molecule has 0 atom stereocenters. The van der Waals surface area contributed by atoms with Gasteiger partial charge in [-0.05, 0) is 30.7 Å². The number of ether oxygens (including phenoxy) is 2. The number of anilines is 1. The molecule has 1 aliphatic rings. The van der Waals surface area contributed by atoms with Crippen molar-refractivity contribution in [2.45, 2.75) is 19.1 Å². The Labute approximate surface area is 204 Å². The van der Waals surface area contributed by atoms with Crippen LogP contribution >= 0.6 is 0 Å². The molecule has 1 aliphatic heterocycles. The average Bonchev–Trinajstić information content (AvgIpc) is 2.77. The lowest BCUT2D eigenvalue weighted by Crippen LogP contribution is -2.55. The van der Waals surface area contributed by atoms with E-state index in [1.54, 1.807) is 0 Å². The maximum atomic E-state index is 13.0. The number of benzene rings is 1. The normalized spacial score (nSPS) is 13.6. The summed E-state index contributed by atoms with van der Waals surface area (Å²) in [7, 11) is -4.06. The Balaban J connectivity index is 1.72. The van der Waals surface area contributed by atoms with Crippen LogP contribution in [0.5, 0.6) is 5.88 Å². The molecule has 192 valence electrons. The monoisotopic (exact) mass is 526 g/mol. The first-order chi connectivity index (χ1) is 17.0. The molecule has 1 saturated heterocycles. The van der Waals surface area contributed by atoms with E-state index in [9.17, 15) is 36.4 Å². The number of hydrogen-bond acceptors (Lipinski definition) is 9. The second-order valence-corrected chi connectivity index (χ2v) is 9.42. The van der Waals surface area contributed by atoms with E-state index in [4.69, 9.17) is 9.47 Å². The predicted octanol–water partition coefficient (Wildman–Crippen LogP) is 2.00. The van der Waals surface area contributed by atoms with Crippen molar-refractivity contribution in [3.8, 4) is 11.9 Å². The number of aromatic nitrogens is 1. The van der Waals surface area contributed by atoms with Gasteiger partial charge < -0.3 is 14.4 Å². The van der Waals surface area contributed by atoms with Crippen LogP contribution in [0, 0.1) is 23.1 Å². The SMILES string of the molecule is CCOC(=O)c1cc(C#N)c(N2CC(C(=O)NS(=O)(=O)Cc3ccc(F)cc3)C2)nc1OCC(F)F. The van der Waals surface area contributed by atoms with Crippen LogP contribution in [-0.2, 0) is 25.3 Å². The van der Waals surface area contributed by atoms with Gasteiger partial charge in [-0.25, -0.2) is 26.4 Å². The van der Waals surface area contributed by atoms with Gasteiger partial charge in [0, 0.05) is 13.1 Å². The van der Waals surface area contributed by atoms with Gasteiger partial charge in [-0.2, -0.15) is 10.2 Å². The van der Waals surface area contributed by atoms with Crippen LogP contribution in [-0.4, -0.2) is 58.0 Å². The molecule has 2 aromatic rings. The summed E-state index contributed by atoms with van der Waals surface area (Å²) >= 11 is 0. The van der Waals surface area contributed by atoms with Crippen molar-refractivity contribution in [2.24, 2.45) is 5.92 Å². The third-order valence-corrected chi connectivity index (χ3v) is 6.23. The third kappa shape index (κ3) is 6.63. The topological polar surface area (TPSA) is 139 Å². The second kappa shape index (κ2) is 11.3. The summed E-state index contributed by atoms with van der Waals surface area (Å²) in [4.78, 5) is 30.1. The van der Waals surface area contributed by atoms with E-state index in [1.807, 2.05) is 10.8 Å². The van der Waals surface area contributed by atoms with Crippen LogP contribution in [0.25, 0.3) is 0 Å². The van der Waals surface area contributed by atoms with Gasteiger partial charge in [0.1, 0.15) is 17.4 Å². The van der Waals surface area contributed by atoms with Crippen LogP contribution in [0.3, 0.4) is 0 Å². The molecule has 1 aromatic carbocycles. The minimum absolute atomic E-state index is 0.0102. The minimum Gasteiger partial charge on any atom is -0.471 e. The molecule has 0 spiro atoms. The summed E-state index contributed by atoms with van der Waals surface area (Å²) in [5, 5.41) is 9.51.